The summed E-state index contributed by atoms with van der Waals surface area (Å²) in [6.45, 7) is 2.80. The summed E-state index contributed by atoms with van der Waals surface area (Å²) < 4.78 is 5.22. The Kier molecular flexibility index (Phi) is 5.59. The van der Waals surface area contributed by atoms with E-state index in [2.05, 4.69) is 23.1 Å². The van der Waals surface area contributed by atoms with E-state index in [1.807, 2.05) is 31.3 Å². The van der Waals surface area contributed by atoms with Crippen LogP contribution in [0.25, 0.3) is 0 Å². The van der Waals surface area contributed by atoms with Crippen molar-refractivity contribution in [2.24, 2.45) is 0 Å². The van der Waals surface area contributed by atoms with Crippen molar-refractivity contribution in [2.45, 2.75) is 25.8 Å². The number of carbonyl (C=O) groups excluding carboxylic acids is 1. The van der Waals surface area contributed by atoms with Gasteiger partial charge in [0.15, 0.2) is 0 Å². The lowest BCUT2D eigenvalue weighted by Crippen LogP contribution is -2.32. The van der Waals surface area contributed by atoms with Crippen LogP contribution in [0.1, 0.15) is 35.2 Å². The molecule has 1 saturated heterocycles. The number of nitrogens with zero attached hydrogens (tertiary/aromatic N) is 2. The van der Waals surface area contributed by atoms with Gasteiger partial charge in [-0.05, 0) is 49.1 Å². The SMILES string of the molecule is COc1cccc(C(=O)N(C)Cc2ccccc2N2CCCCC2)c1. The molecule has 4 heteroatoms. The minimum atomic E-state index is 0.00680. The first kappa shape index (κ1) is 17.3. The highest BCUT2D eigenvalue weighted by Crippen LogP contribution is 2.25. The highest BCUT2D eigenvalue weighted by Gasteiger charge is 2.17. The third kappa shape index (κ3) is 4.13. The van der Waals surface area contributed by atoms with Gasteiger partial charge in [-0.3, -0.25) is 4.79 Å². The van der Waals surface area contributed by atoms with Crippen LogP contribution in [0.5, 0.6) is 5.75 Å². The van der Waals surface area contributed by atoms with Crippen LogP contribution in [0.3, 0.4) is 0 Å². The van der Waals surface area contributed by atoms with E-state index < -0.39 is 0 Å². The van der Waals surface area contributed by atoms with Gasteiger partial charge < -0.3 is 14.5 Å². The summed E-state index contributed by atoms with van der Waals surface area (Å²) in [5.74, 6) is 0.709. The maximum Gasteiger partial charge on any atom is 0.254 e. The van der Waals surface area contributed by atoms with Gasteiger partial charge in [-0.15, -0.1) is 0 Å². The summed E-state index contributed by atoms with van der Waals surface area (Å²) >= 11 is 0. The molecule has 4 nitrogen and oxygen atoms in total. The average molecular weight is 338 g/mol. The molecule has 0 spiro atoms. The van der Waals surface area contributed by atoms with Crippen molar-refractivity contribution in [2.75, 3.05) is 32.1 Å². The molecule has 0 bridgehead atoms. The number of anilines is 1. The van der Waals surface area contributed by atoms with Gasteiger partial charge in [0.25, 0.3) is 5.91 Å². The molecule has 3 rings (SSSR count). The number of carbonyl (C=O) groups is 1. The molecule has 0 saturated carbocycles. The van der Waals surface area contributed by atoms with Crippen LogP contribution in [0.15, 0.2) is 48.5 Å². The molecule has 2 aromatic rings. The van der Waals surface area contributed by atoms with Gasteiger partial charge in [-0.2, -0.15) is 0 Å². The van der Waals surface area contributed by atoms with E-state index in [-0.39, 0.29) is 5.91 Å². The zero-order chi connectivity index (χ0) is 17.6. The topological polar surface area (TPSA) is 32.8 Å². The quantitative estimate of drug-likeness (QED) is 0.827. The Bertz CT molecular complexity index is 723. The standard InChI is InChI=1S/C21H26N2O2/c1-22(21(24)17-10-8-11-19(15-17)25-2)16-18-9-4-5-12-20(18)23-13-6-3-7-14-23/h4-5,8-12,15H,3,6-7,13-14,16H2,1-2H3. The number of methoxy groups -OCH3 is 1. The predicted molar refractivity (Wildman–Crippen MR) is 101 cm³/mol. The van der Waals surface area contributed by atoms with E-state index >= 15 is 0 Å². The second-order valence-corrected chi connectivity index (χ2v) is 6.57. The van der Waals surface area contributed by atoms with Crippen molar-refractivity contribution in [3.05, 3.63) is 59.7 Å². The van der Waals surface area contributed by atoms with Crippen LogP contribution in [-0.4, -0.2) is 38.1 Å². The number of rotatable bonds is 5. The smallest absolute Gasteiger partial charge is 0.254 e. The second kappa shape index (κ2) is 8.06. The fraction of sp³-hybridized carbons (Fsp3) is 0.381. The van der Waals surface area contributed by atoms with Gasteiger partial charge in [0, 0.05) is 37.9 Å². The Morgan fingerprint density at radius 2 is 1.84 bits per heavy atom. The molecular weight excluding hydrogens is 312 g/mol. The molecule has 0 atom stereocenters. The minimum Gasteiger partial charge on any atom is -0.497 e. The summed E-state index contributed by atoms with van der Waals surface area (Å²) in [6, 6.07) is 15.7. The van der Waals surface area contributed by atoms with Gasteiger partial charge in [0.05, 0.1) is 7.11 Å². The molecule has 1 aliphatic heterocycles. The van der Waals surface area contributed by atoms with Gasteiger partial charge in [-0.25, -0.2) is 0 Å². The van der Waals surface area contributed by atoms with Crippen LogP contribution in [0.4, 0.5) is 5.69 Å². The highest BCUT2D eigenvalue weighted by molar-refractivity contribution is 5.94. The molecule has 0 unspecified atom stereocenters. The third-order valence-electron chi connectivity index (χ3n) is 4.76. The first-order valence-corrected chi connectivity index (χ1v) is 8.91. The van der Waals surface area contributed by atoms with Crippen molar-refractivity contribution in [3.63, 3.8) is 0 Å². The largest absolute Gasteiger partial charge is 0.497 e. The lowest BCUT2D eigenvalue weighted by Gasteiger charge is -2.31. The first-order valence-electron chi connectivity index (χ1n) is 8.91. The van der Waals surface area contributed by atoms with Gasteiger partial charge >= 0.3 is 0 Å². The molecule has 0 N–H and O–H groups in total. The minimum absolute atomic E-state index is 0.00680. The van der Waals surface area contributed by atoms with Crippen LogP contribution in [0.2, 0.25) is 0 Å². The number of para-hydroxylation sites is 1. The van der Waals surface area contributed by atoms with Crippen molar-refractivity contribution < 1.29 is 9.53 Å². The van der Waals surface area contributed by atoms with Crippen LogP contribution in [-0.2, 0) is 6.54 Å². The van der Waals surface area contributed by atoms with E-state index in [4.69, 9.17) is 4.74 Å². The lowest BCUT2D eigenvalue weighted by atomic mass is 10.1. The van der Waals surface area contributed by atoms with Gasteiger partial charge in [0.1, 0.15) is 5.75 Å². The molecule has 1 aliphatic rings. The molecule has 1 heterocycles. The summed E-state index contributed by atoms with van der Waals surface area (Å²) in [6.07, 6.45) is 3.80. The normalized spacial score (nSPS) is 14.2. The van der Waals surface area contributed by atoms with Crippen molar-refractivity contribution in [1.82, 2.24) is 4.90 Å². The predicted octanol–water partition coefficient (Wildman–Crippen LogP) is 3.96. The first-order chi connectivity index (χ1) is 12.2. The lowest BCUT2D eigenvalue weighted by molar-refractivity contribution is 0.0785. The number of hydrogen-bond acceptors (Lipinski definition) is 3. The van der Waals surface area contributed by atoms with Crippen molar-refractivity contribution in [3.8, 4) is 5.75 Å². The monoisotopic (exact) mass is 338 g/mol. The second-order valence-electron chi connectivity index (χ2n) is 6.57. The van der Waals surface area contributed by atoms with E-state index in [0.29, 0.717) is 17.9 Å². The Labute approximate surface area is 150 Å². The maximum atomic E-state index is 12.8. The van der Waals surface area contributed by atoms with Gasteiger partial charge in [0.2, 0.25) is 0 Å². The summed E-state index contributed by atoms with van der Waals surface area (Å²) in [7, 11) is 3.47. The molecule has 2 aromatic carbocycles. The number of piperidine rings is 1. The Hall–Kier alpha value is -2.49. The Balaban J connectivity index is 1.76. The number of hydrogen-bond donors (Lipinski definition) is 0. The third-order valence-corrected chi connectivity index (χ3v) is 4.76. The van der Waals surface area contributed by atoms with Crippen molar-refractivity contribution in [1.29, 1.82) is 0 Å². The molecule has 0 aliphatic carbocycles. The van der Waals surface area contributed by atoms with Gasteiger partial charge in [-0.1, -0.05) is 24.3 Å². The summed E-state index contributed by atoms with van der Waals surface area (Å²) in [5, 5.41) is 0. The van der Waals surface area contributed by atoms with Crippen molar-refractivity contribution >= 4 is 11.6 Å². The highest BCUT2D eigenvalue weighted by atomic mass is 16.5. The molecule has 132 valence electrons. The summed E-state index contributed by atoms with van der Waals surface area (Å²) in [5.41, 5.74) is 3.10. The number of ether oxygens (including phenoxy) is 1. The van der Waals surface area contributed by atoms with E-state index in [9.17, 15) is 4.79 Å². The molecular formula is C21H26N2O2. The van der Waals surface area contributed by atoms with Crippen LogP contribution >= 0.6 is 0 Å². The zero-order valence-corrected chi connectivity index (χ0v) is 15.1. The fourth-order valence-corrected chi connectivity index (χ4v) is 3.39. The Morgan fingerprint density at radius 3 is 2.60 bits per heavy atom. The maximum absolute atomic E-state index is 12.8. The fourth-order valence-electron chi connectivity index (χ4n) is 3.39. The molecule has 0 aromatic heterocycles. The van der Waals surface area contributed by atoms with E-state index in [1.54, 1.807) is 18.1 Å². The molecule has 25 heavy (non-hydrogen) atoms. The number of amides is 1. The Morgan fingerprint density at radius 1 is 1.08 bits per heavy atom. The molecule has 1 amide bonds. The molecule has 0 radical (unpaired) electrons. The summed E-state index contributed by atoms with van der Waals surface area (Å²) in [4.78, 5) is 17.0. The zero-order valence-electron chi connectivity index (χ0n) is 15.1. The number of benzene rings is 2. The molecule has 1 fully saturated rings. The average Bonchev–Trinajstić information content (AvgIpc) is 2.68. The van der Waals surface area contributed by atoms with E-state index in [1.165, 1.54) is 30.5 Å². The van der Waals surface area contributed by atoms with Crippen LogP contribution < -0.4 is 9.64 Å². The van der Waals surface area contributed by atoms with Crippen LogP contribution in [0, 0.1) is 0 Å². The van der Waals surface area contributed by atoms with E-state index in [0.717, 1.165) is 13.1 Å².